The molecule has 1 aliphatic carbocycles. The van der Waals surface area contributed by atoms with Crippen molar-refractivity contribution in [2.45, 2.75) is 96.9 Å². The minimum Gasteiger partial charge on any atom is -0.373 e. The lowest BCUT2D eigenvalue weighted by atomic mass is 9.95. The lowest BCUT2D eigenvalue weighted by Crippen LogP contribution is -2.51. The van der Waals surface area contributed by atoms with Crippen LogP contribution in [0.4, 0.5) is 0 Å². The van der Waals surface area contributed by atoms with Crippen molar-refractivity contribution in [2.75, 3.05) is 26.2 Å². The van der Waals surface area contributed by atoms with Crippen molar-refractivity contribution in [1.82, 2.24) is 14.4 Å². The molecule has 0 aromatic carbocycles. The van der Waals surface area contributed by atoms with E-state index in [1.807, 2.05) is 0 Å². The van der Waals surface area contributed by atoms with E-state index in [-0.39, 0.29) is 18.1 Å². The monoisotopic (exact) mass is 401 g/mol. The Kier molecular flexibility index (Phi) is 6.35. The number of rotatable bonds is 4. The molecule has 0 radical (unpaired) electrons. The van der Waals surface area contributed by atoms with E-state index in [1.165, 1.54) is 43.5 Å². The van der Waals surface area contributed by atoms with Gasteiger partial charge in [-0.2, -0.15) is 0 Å². The predicted octanol–water partition coefficient (Wildman–Crippen LogP) is 4.32. The fourth-order valence-corrected chi connectivity index (χ4v) is 6.07. The zero-order chi connectivity index (χ0) is 20.5. The molecule has 1 amide bonds. The first kappa shape index (κ1) is 20.9. The molecule has 29 heavy (non-hydrogen) atoms. The van der Waals surface area contributed by atoms with Crippen molar-refractivity contribution in [3.63, 3.8) is 0 Å². The van der Waals surface area contributed by atoms with Crippen molar-refractivity contribution in [2.24, 2.45) is 0 Å². The number of ether oxygens (including phenoxy) is 1. The molecular formula is C24H39N3O2. The molecule has 2 aliphatic heterocycles. The molecule has 0 bridgehead atoms. The van der Waals surface area contributed by atoms with Crippen LogP contribution in [-0.2, 0) is 4.74 Å². The van der Waals surface area contributed by atoms with Gasteiger partial charge in [0.15, 0.2) is 0 Å². The van der Waals surface area contributed by atoms with Gasteiger partial charge < -0.3 is 14.2 Å². The second-order valence-corrected chi connectivity index (χ2v) is 9.72. The summed E-state index contributed by atoms with van der Waals surface area (Å²) in [7, 11) is 0. The summed E-state index contributed by atoms with van der Waals surface area (Å²) in [4.78, 5) is 18.2. The molecular weight excluding hydrogens is 362 g/mol. The highest BCUT2D eigenvalue weighted by Crippen LogP contribution is 2.33. The van der Waals surface area contributed by atoms with Gasteiger partial charge in [-0.3, -0.25) is 9.69 Å². The number of carbonyl (C=O) groups excluding carboxylic acids is 1. The first-order valence-electron chi connectivity index (χ1n) is 11.8. The summed E-state index contributed by atoms with van der Waals surface area (Å²) in [5.74, 6) is 0.247. The minimum absolute atomic E-state index is 0.247. The van der Waals surface area contributed by atoms with Gasteiger partial charge in [0.25, 0.3) is 5.91 Å². The largest absolute Gasteiger partial charge is 0.373 e. The standard InChI is InChI=1S/C24H39N3O2/c1-17-13-23(20(4)27(17)21-9-6-5-7-10-21)24(28)26-12-8-11-22(26)16-25-14-18(2)29-19(3)15-25/h13,18-19,21-22H,5-12,14-16H2,1-4H3. The SMILES string of the molecule is Cc1cc(C(=O)N2CCCC2CN2CC(C)OC(C)C2)c(C)n1C1CCCCC1. The van der Waals surface area contributed by atoms with E-state index in [4.69, 9.17) is 4.74 Å². The number of carbonyl (C=O) groups is 1. The zero-order valence-corrected chi connectivity index (χ0v) is 18.8. The summed E-state index contributed by atoms with van der Waals surface area (Å²) in [6, 6.07) is 3.06. The van der Waals surface area contributed by atoms with Crippen LogP contribution in [0.5, 0.6) is 0 Å². The molecule has 2 saturated heterocycles. The molecule has 0 N–H and O–H groups in total. The fourth-order valence-electron chi connectivity index (χ4n) is 6.07. The molecule has 5 nitrogen and oxygen atoms in total. The van der Waals surface area contributed by atoms with Gasteiger partial charge in [-0.1, -0.05) is 19.3 Å². The Balaban J connectivity index is 1.48. The van der Waals surface area contributed by atoms with E-state index in [0.29, 0.717) is 12.1 Å². The third-order valence-electron chi connectivity index (χ3n) is 7.26. The van der Waals surface area contributed by atoms with Gasteiger partial charge in [0.05, 0.1) is 17.8 Å². The molecule has 3 atom stereocenters. The van der Waals surface area contributed by atoms with Gasteiger partial charge in [0.1, 0.15) is 0 Å². The van der Waals surface area contributed by atoms with Crippen LogP contribution in [0, 0.1) is 13.8 Å². The van der Waals surface area contributed by atoms with Crippen LogP contribution in [0.2, 0.25) is 0 Å². The molecule has 1 aromatic rings. The smallest absolute Gasteiger partial charge is 0.255 e. The quantitative estimate of drug-likeness (QED) is 0.754. The molecule has 1 aromatic heterocycles. The highest BCUT2D eigenvalue weighted by Gasteiger charge is 2.34. The number of morpholine rings is 1. The Morgan fingerprint density at radius 3 is 2.41 bits per heavy atom. The normalized spacial score (nSPS) is 29.5. The number of likely N-dealkylation sites (tertiary alicyclic amines) is 1. The van der Waals surface area contributed by atoms with E-state index < -0.39 is 0 Å². The summed E-state index contributed by atoms with van der Waals surface area (Å²) >= 11 is 0. The van der Waals surface area contributed by atoms with Crippen LogP contribution in [-0.4, -0.2) is 64.7 Å². The Labute approximate surface area is 176 Å². The van der Waals surface area contributed by atoms with E-state index in [9.17, 15) is 4.79 Å². The van der Waals surface area contributed by atoms with Crippen LogP contribution in [0.15, 0.2) is 6.07 Å². The maximum Gasteiger partial charge on any atom is 0.255 e. The highest BCUT2D eigenvalue weighted by atomic mass is 16.5. The molecule has 3 unspecified atom stereocenters. The second-order valence-electron chi connectivity index (χ2n) is 9.72. The number of hydrogen-bond donors (Lipinski definition) is 0. The number of aromatic nitrogens is 1. The van der Waals surface area contributed by atoms with Crippen LogP contribution in [0.3, 0.4) is 0 Å². The van der Waals surface area contributed by atoms with Gasteiger partial charge >= 0.3 is 0 Å². The van der Waals surface area contributed by atoms with Crippen LogP contribution < -0.4 is 0 Å². The van der Waals surface area contributed by atoms with Crippen molar-refractivity contribution in [3.05, 3.63) is 23.0 Å². The second kappa shape index (κ2) is 8.81. The zero-order valence-electron chi connectivity index (χ0n) is 18.8. The summed E-state index contributed by atoms with van der Waals surface area (Å²) in [5, 5.41) is 0. The lowest BCUT2D eigenvalue weighted by Gasteiger charge is -2.38. The Morgan fingerprint density at radius 1 is 1.03 bits per heavy atom. The molecule has 0 spiro atoms. The van der Waals surface area contributed by atoms with Crippen molar-refractivity contribution >= 4 is 5.91 Å². The Morgan fingerprint density at radius 2 is 1.72 bits per heavy atom. The third kappa shape index (κ3) is 4.41. The van der Waals surface area contributed by atoms with Crippen molar-refractivity contribution < 1.29 is 9.53 Å². The van der Waals surface area contributed by atoms with Gasteiger partial charge in [-0.15, -0.1) is 0 Å². The minimum atomic E-state index is 0.247. The van der Waals surface area contributed by atoms with Gasteiger partial charge in [-0.25, -0.2) is 0 Å². The number of amides is 1. The topological polar surface area (TPSA) is 37.7 Å². The molecule has 3 aliphatic rings. The third-order valence-corrected chi connectivity index (χ3v) is 7.26. The predicted molar refractivity (Wildman–Crippen MR) is 117 cm³/mol. The first-order chi connectivity index (χ1) is 13.9. The van der Waals surface area contributed by atoms with Gasteiger partial charge in [-0.05, 0) is 59.4 Å². The summed E-state index contributed by atoms with van der Waals surface area (Å²) < 4.78 is 8.35. The van der Waals surface area contributed by atoms with E-state index in [0.717, 1.165) is 44.6 Å². The lowest BCUT2D eigenvalue weighted by molar-refractivity contribution is -0.0715. The Bertz CT molecular complexity index is 712. The molecule has 1 saturated carbocycles. The number of nitrogens with zero attached hydrogens (tertiary/aromatic N) is 3. The van der Waals surface area contributed by atoms with Crippen LogP contribution >= 0.6 is 0 Å². The molecule has 5 heteroatoms. The van der Waals surface area contributed by atoms with Gasteiger partial charge in [0, 0.05) is 49.7 Å². The fraction of sp³-hybridized carbons (Fsp3) is 0.792. The van der Waals surface area contributed by atoms with E-state index in [2.05, 4.69) is 48.1 Å². The summed E-state index contributed by atoms with van der Waals surface area (Å²) in [6.07, 6.45) is 9.28. The molecule has 4 rings (SSSR count). The van der Waals surface area contributed by atoms with Crippen LogP contribution in [0.25, 0.3) is 0 Å². The Hall–Kier alpha value is -1.33. The first-order valence-corrected chi connectivity index (χ1v) is 11.8. The maximum atomic E-state index is 13.6. The van der Waals surface area contributed by atoms with E-state index in [1.54, 1.807) is 0 Å². The number of aryl methyl sites for hydroxylation is 1. The average molecular weight is 402 g/mol. The maximum absolute atomic E-state index is 13.6. The van der Waals surface area contributed by atoms with Crippen LogP contribution in [0.1, 0.15) is 86.6 Å². The van der Waals surface area contributed by atoms with E-state index >= 15 is 0 Å². The molecule has 3 fully saturated rings. The van der Waals surface area contributed by atoms with Crippen molar-refractivity contribution in [3.8, 4) is 0 Å². The molecule has 3 heterocycles. The summed E-state index contributed by atoms with van der Waals surface area (Å²) in [6.45, 7) is 12.5. The summed E-state index contributed by atoms with van der Waals surface area (Å²) in [5.41, 5.74) is 3.37. The molecule has 162 valence electrons. The highest BCUT2D eigenvalue weighted by molar-refractivity contribution is 5.96. The van der Waals surface area contributed by atoms with Gasteiger partial charge in [0.2, 0.25) is 0 Å². The number of hydrogen-bond acceptors (Lipinski definition) is 3. The average Bonchev–Trinajstić information content (AvgIpc) is 3.25. The van der Waals surface area contributed by atoms with Crippen molar-refractivity contribution in [1.29, 1.82) is 0 Å².